The van der Waals surface area contributed by atoms with Crippen LogP contribution >= 0.6 is 0 Å². The van der Waals surface area contributed by atoms with Gasteiger partial charge in [0.25, 0.3) is 0 Å². The van der Waals surface area contributed by atoms with Crippen molar-refractivity contribution in [3.05, 3.63) is 53.9 Å². The summed E-state index contributed by atoms with van der Waals surface area (Å²) in [4.78, 5) is 0. The molecule has 1 N–H and O–H groups in total. The van der Waals surface area contributed by atoms with Crippen LogP contribution in [0.5, 0.6) is 0 Å². The van der Waals surface area contributed by atoms with Crippen molar-refractivity contribution in [2.75, 3.05) is 6.54 Å². The van der Waals surface area contributed by atoms with Crippen molar-refractivity contribution >= 4 is 0 Å². The lowest BCUT2D eigenvalue weighted by Gasteiger charge is -2.25. The number of hydrogen-bond acceptors (Lipinski definition) is 2. The Morgan fingerprint density at radius 2 is 1.86 bits per heavy atom. The number of nitrogens with zero attached hydrogens (tertiary/aromatic N) is 2. The first-order valence-corrected chi connectivity index (χ1v) is 7.72. The summed E-state index contributed by atoms with van der Waals surface area (Å²) in [6.07, 6.45) is 4.15. The minimum atomic E-state index is 0.151. The first-order chi connectivity index (χ1) is 9.94. The van der Waals surface area contributed by atoms with Gasteiger partial charge in [0.1, 0.15) is 0 Å². The Labute approximate surface area is 128 Å². The van der Waals surface area contributed by atoms with Gasteiger partial charge in [-0.3, -0.25) is 4.68 Å². The summed E-state index contributed by atoms with van der Waals surface area (Å²) in [7, 11) is 1.97. The summed E-state index contributed by atoms with van der Waals surface area (Å²) < 4.78 is 1.88. The molecule has 0 bridgehead atoms. The standard InChI is InChI=1S/C18H27N3/c1-18(2,3)19-14-16(15-8-6-5-7-9-15)10-11-17-12-13-21(4)20-17/h5-9,12-13,16,19H,10-11,14H2,1-4H3. The van der Waals surface area contributed by atoms with Gasteiger partial charge in [0.05, 0.1) is 5.69 Å². The second-order valence-corrected chi connectivity index (χ2v) is 6.76. The van der Waals surface area contributed by atoms with E-state index in [-0.39, 0.29) is 5.54 Å². The van der Waals surface area contributed by atoms with Crippen molar-refractivity contribution in [3.63, 3.8) is 0 Å². The van der Waals surface area contributed by atoms with Crippen LogP contribution in [0.3, 0.4) is 0 Å². The van der Waals surface area contributed by atoms with E-state index in [1.165, 1.54) is 11.3 Å². The van der Waals surface area contributed by atoms with E-state index in [1.54, 1.807) is 0 Å². The minimum Gasteiger partial charge on any atom is -0.311 e. The third-order valence-electron chi connectivity index (χ3n) is 3.67. The van der Waals surface area contributed by atoms with Gasteiger partial charge < -0.3 is 5.32 Å². The lowest BCUT2D eigenvalue weighted by atomic mass is 9.92. The van der Waals surface area contributed by atoms with E-state index < -0.39 is 0 Å². The first-order valence-electron chi connectivity index (χ1n) is 7.72. The monoisotopic (exact) mass is 285 g/mol. The molecule has 0 spiro atoms. The van der Waals surface area contributed by atoms with Crippen molar-refractivity contribution in [1.29, 1.82) is 0 Å². The van der Waals surface area contributed by atoms with Crippen molar-refractivity contribution in [3.8, 4) is 0 Å². The van der Waals surface area contributed by atoms with E-state index >= 15 is 0 Å². The van der Waals surface area contributed by atoms with Gasteiger partial charge in [0.15, 0.2) is 0 Å². The van der Waals surface area contributed by atoms with Gasteiger partial charge in [-0.25, -0.2) is 0 Å². The number of nitrogens with one attached hydrogen (secondary N) is 1. The Morgan fingerprint density at radius 1 is 1.14 bits per heavy atom. The molecular weight excluding hydrogens is 258 g/mol. The van der Waals surface area contributed by atoms with Gasteiger partial charge in [-0.2, -0.15) is 5.10 Å². The van der Waals surface area contributed by atoms with E-state index in [4.69, 9.17) is 0 Å². The predicted molar refractivity (Wildman–Crippen MR) is 88.5 cm³/mol. The van der Waals surface area contributed by atoms with Crippen LogP contribution in [0.15, 0.2) is 42.6 Å². The number of hydrogen-bond donors (Lipinski definition) is 1. The zero-order valence-electron chi connectivity index (χ0n) is 13.6. The number of rotatable bonds is 6. The summed E-state index contributed by atoms with van der Waals surface area (Å²) in [5.74, 6) is 0.521. The fraction of sp³-hybridized carbons (Fsp3) is 0.500. The Morgan fingerprint density at radius 3 is 2.43 bits per heavy atom. The van der Waals surface area contributed by atoms with Crippen LogP contribution in [0, 0.1) is 0 Å². The SMILES string of the molecule is Cn1ccc(CCC(CNC(C)(C)C)c2ccccc2)n1. The average Bonchev–Trinajstić information content (AvgIpc) is 2.84. The highest BCUT2D eigenvalue weighted by molar-refractivity contribution is 5.20. The van der Waals surface area contributed by atoms with Crippen LogP contribution in [0.4, 0.5) is 0 Å². The summed E-state index contributed by atoms with van der Waals surface area (Å²) in [6, 6.07) is 12.9. The highest BCUT2D eigenvalue weighted by Crippen LogP contribution is 2.21. The maximum Gasteiger partial charge on any atom is 0.0624 e. The Kier molecular flexibility index (Phi) is 5.18. The molecule has 0 aliphatic rings. The number of aromatic nitrogens is 2. The molecular formula is C18H27N3. The quantitative estimate of drug-likeness (QED) is 0.880. The van der Waals surface area contributed by atoms with Gasteiger partial charge in [-0.05, 0) is 51.2 Å². The molecule has 0 fully saturated rings. The highest BCUT2D eigenvalue weighted by Gasteiger charge is 2.16. The van der Waals surface area contributed by atoms with Crippen molar-refractivity contribution in [2.45, 2.75) is 45.1 Å². The van der Waals surface area contributed by atoms with Crippen LogP contribution in [0.1, 0.15) is 44.4 Å². The molecule has 1 heterocycles. The normalized spacial score (nSPS) is 13.3. The van der Waals surface area contributed by atoms with Gasteiger partial charge in [-0.15, -0.1) is 0 Å². The van der Waals surface area contributed by atoms with Gasteiger partial charge >= 0.3 is 0 Å². The molecule has 0 amide bonds. The Balaban J connectivity index is 2.01. The van der Waals surface area contributed by atoms with Crippen LogP contribution in [-0.4, -0.2) is 21.9 Å². The van der Waals surface area contributed by atoms with Crippen molar-refractivity contribution < 1.29 is 0 Å². The third-order valence-corrected chi connectivity index (χ3v) is 3.67. The lowest BCUT2D eigenvalue weighted by molar-refractivity contribution is 0.398. The van der Waals surface area contributed by atoms with Crippen LogP contribution in [-0.2, 0) is 13.5 Å². The minimum absolute atomic E-state index is 0.151. The predicted octanol–water partition coefficient (Wildman–Crippen LogP) is 3.52. The first kappa shape index (κ1) is 15.8. The number of aryl methyl sites for hydroxylation is 2. The molecule has 0 saturated carbocycles. The molecule has 0 aliphatic carbocycles. The largest absolute Gasteiger partial charge is 0.311 e. The average molecular weight is 285 g/mol. The summed E-state index contributed by atoms with van der Waals surface area (Å²) >= 11 is 0. The third kappa shape index (κ3) is 5.35. The molecule has 1 aromatic heterocycles. The molecule has 1 aromatic carbocycles. The van der Waals surface area contributed by atoms with E-state index in [9.17, 15) is 0 Å². The van der Waals surface area contributed by atoms with E-state index in [0.29, 0.717) is 5.92 Å². The fourth-order valence-electron chi connectivity index (χ4n) is 2.46. The smallest absolute Gasteiger partial charge is 0.0624 e. The zero-order valence-corrected chi connectivity index (χ0v) is 13.6. The summed E-state index contributed by atoms with van der Waals surface area (Å²) in [5.41, 5.74) is 2.73. The molecule has 0 saturated heterocycles. The fourth-order valence-corrected chi connectivity index (χ4v) is 2.46. The van der Waals surface area contributed by atoms with Crippen LogP contribution in [0.2, 0.25) is 0 Å². The van der Waals surface area contributed by atoms with Crippen LogP contribution in [0.25, 0.3) is 0 Å². The highest BCUT2D eigenvalue weighted by atomic mass is 15.2. The number of benzene rings is 1. The lowest BCUT2D eigenvalue weighted by Crippen LogP contribution is -2.38. The topological polar surface area (TPSA) is 29.9 Å². The molecule has 0 radical (unpaired) electrons. The van der Waals surface area contributed by atoms with Crippen molar-refractivity contribution in [2.24, 2.45) is 7.05 Å². The molecule has 1 unspecified atom stereocenters. The molecule has 0 aliphatic heterocycles. The zero-order chi connectivity index (χ0) is 15.3. The molecule has 114 valence electrons. The van der Waals surface area contributed by atoms with E-state index in [1.807, 2.05) is 17.9 Å². The van der Waals surface area contributed by atoms with E-state index in [2.05, 4.69) is 67.6 Å². The molecule has 3 nitrogen and oxygen atoms in total. The van der Waals surface area contributed by atoms with Gasteiger partial charge in [-0.1, -0.05) is 30.3 Å². The molecule has 2 aromatic rings. The van der Waals surface area contributed by atoms with Crippen LogP contribution < -0.4 is 5.32 Å². The van der Waals surface area contributed by atoms with Crippen molar-refractivity contribution in [1.82, 2.24) is 15.1 Å². The molecule has 3 heteroatoms. The maximum atomic E-state index is 4.48. The maximum absolute atomic E-state index is 4.48. The van der Waals surface area contributed by atoms with Gasteiger partial charge in [0.2, 0.25) is 0 Å². The second kappa shape index (κ2) is 6.90. The Bertz CT molecular complexity index is 537. The second-order valence-electron chi connectivity index (χ2n) is 6.76. The molecule has 21 heavy (non-hydrogen) atoms. The van der Waals surface area contributed by atoms with E-state index in [0.717, 1.165) is 19.4 Å². The molecule has 1 atom stereocenters. The molecule has 2 rings (SSSR count). The Hall–Kier alpha value is -1.61. The summed E-state index contributed by atoms with van der Waals surface area (Å²) in [5, 5.41) is 8.12. The van der Waals surface area contributed by atoms with Gasteiger partial charge in [0, 0.05) is 25.3 Å². The summed E-state index contributed by atoms with van der Waals surface area (Å²) in [6.45, 7) is 7.65.